The molecule has 0 spiro atoms. The van der Waals surface area contributed by atoms with Crippen molar-refractivity contribution in [1.82, 2.24) is 4.90 Å². The number of amides is 1. The molecule has 4 nitrogen and oxygen atoms in total. The van der Waals surface area contributed by atoms with Crippen LogP contribution < -0.4 is 0 Å². The third-order valence-corrected chi connectivity index (χ3v) is 5.49. The maximum absolute atomic E-state index is 12.4. The van der Waals surface area contributed by atoms with E-state index in [4.69, 9.17) is 0 Å². The van der Waals surface area contributed by atoms with Gasteiger partial charge in [0, 0.05) is 19.0 Å². The number of piperidine rings is 1. The molecule has 0 radical (unpaired) electrons. The molecular formula is C19H25NO3. The first kappa shape index (κ1) is 16.0. The van der Waals surface area contributed by atoms with E-state index >= 15 is 0 Å². The lowest BCUT2D eigenvalue weighted by atomic mass is 9.88. The molecular weight excluding hydrogens is 290 g/mol. The number of rotatable bonds is 4. The summed E-state index contributed by atoms with van der Waals surface area (Å²) in [5.74, 6) is 0.141. The lowest BCUT2D eigenvalue weighted by molar-refractivity contribution is -0.134. The van der Waals surface area contributed by atoms with Crippen LogP contribution in [0.3, 0.4) is 0 Å². The fourth-order valence-electron chi connectivity index (χ4n) is 3.68. The molecule has 1 aliphatic heterocycles. The third kappa shape index (κ3) is 3.41. The average Bonchev–Trinajstić information content (AvgIpc) is 3.16. The monoisotopic (exact) mass is 315 g/mol. The van der Waals surface area contributed by atoms with Crippen LogP contribution in [0.25, 0.3) is 0 Å². The smallest absolute Gasteiger partial charge is 0.335 e. The quantitative estimate of drug-likeness (QED) is 0.928. The summed E-state index contributed by atoms with van der Waals surface area (Å²) in [5, 5.41) is 9.27. The van der Waals surface area contributed by atoms with Gasteiger partial charge in [-0.1, -0.05) is 32.0 Å². The molecule has 1 aromatic carbocycles. The van der Waals surface area contributed by atoms with E-state index in [1.807, 2.05) is 17.0 Å². The second-order valence-electron chi connectivity index (χ2n) is 7.68. The van der Waals surface area contributed by atoms with Gasteiger partial charge in [0.1, 0.15) is 0 Å². The molecule has 2 fully saturated rings. The van der Waals surface area contributed by atoms with Gasteiger partial charge in [0.05, 0.1) is 5.56 Å². The van der Waals surface area contributed by atoms with Crippen LogP contribution >= 0.6 is 0 Å². The van der Waals surface area contributed by atoms with Gasteiger partial charge in [-0.25, -0.2) is 4.79 Å². The van der Waals surface area contributed by atoms with Crippen molar-refractivity contribution in [3.63, 3.8) is 0 Å². The summed E-state index contributed by atoms with van der Waals surface area (Å²) in [6.07, 6.45) is 3.73. The fraction of sp³-hybridized carbons (Fsp3) is 0.579. The van der Waals surface area contributed by atoms with Gasteiger partial charge >= 0.3 is 5.97 Å². The molecule has 124 valence electrons. The summed E-state index contributed by atoms with van der Waals surface area (Å²) in [4.78, 5) is 25.7. The van der Waals surface area contributed by atoms with E-state index in [0.717, 1.165) is 44.3 Å². The molecule has 1 N–H and O–H groups in total. The van der Waals surface area contributed by atoms with Gasteiger partial charge in [-0.15, -0.1) is 0 Å². The highest BCUT2D eigenvalue weighted by molar-refractivity contribution is 5.89. The molecule has 1 unspecified atom stereocenters. The number of nitrogens with zero attached hydrogens (tertiary/aromatic N) is 1. The zero-order valence-corrected chi connectivity index (χ0v) is 13.9. The number of likely N-dealkylation sites (tertiary alicyclic amines) is 1. The van der Waals surface area contributed by atoms with Crippen molar-refractivity contribution < 1.29 is 14.7 Å². The van der Waals surface area contributed by atoms with Crippen LogP contribution in [0.5, 0.6) is 0 Å². The third-order valence-electron chi connectivity index (χ3n) is 5.49. The molecule has 4 heteroatoms. The average molecular weight is 315 g/mol. The van der Waals surface area contributed by atoms with Gasteiger partial charge in [0.25, 0.3) is 0 Å². The van der Waals surface area contributed by atoms with Crippen molar-refractivity contribution >= 4 is 11.9 Å². The van der Waals surface area contributed by atoms with Crippen molar-refractivity contribution in [2.24, 2.45) is 17.3 Å². The van der Waals surface area contributed by atoms with Crippen LogP contribution in [0.2, 0.25) is 0 Å². The number of carboxylic acids is 1. The molecule has 1 aliphatic carbocycles. The number of carbonyl (C=O) groups excluding carboxylic acids is 1. The minimum absolute atomic E-state index is 0.189. The first-order valence-electron chi connectivity index (χ1n) is 8.48. The van der Waals surface area contributed by atoms with Crippen molar-refractivity contribution in [2.45, 2.75) is 39.5 Å². The zero-order valence-electron chi connectivity index (χ0n) is 13.9. The number of carbonyl (C=O) groups is 2. The molecule has 0 aromatic heterocycles. The van der Waals surface area contributed by atoms with E-state index in [9.17, 15) is 14.7 Å². The Labute approximate surface area is 137 Å². The summed E-state index contributed by atoms with van der Waals surface area (Å²) >= 11 is 0. The maximum Gasteiger partial charge on any atom is 0.335 e. The SMILES string of the molecule is CC1(C)CC1C(=O)N1CCC(Cc2ccccc2C(=O)O)CC1. The first-order valence-corrected chi connectivity index (χ1v) is 8.48. The molecule has 1 heterocycles. The van der Waals surface area contributed by atoms with Gasteiger partial charge in [-0.3, -0.25) is 4.79 Å². The Morgan fingerprint density at radius 1 is 1.22 bits per heavy atom. The predicted molar refractivity (Wildman–Crippen MR) is 88.3 cm³/mol. The van der Waals surface area contributed by atoms with Gasteiger partial charge in [-0.05, 0) is 48.6 Å². The van der Waals surface area contributed by atoms with Crippen LogP contribution in [0, 0.1) is 17.3 Å². The summed E-state index contributed by atoms with van der Waals surface area (Å²) in [6.45, 7) is 5.94. The second kappa shape index (κ2) is 5.99. The van der Waals surface area contributed by atoms with E-state index in [1.54, 1.807) is 12.1 Å². The van der Waals surface area contributed by atoms with Gasteiger partial charge in [0.2, 0.25) is 5.91 Å². The van der Waals surface area contributed by atoms with Crippen LogP contribution in [0.15, 0.2) is 24.3 Å². The van der Waals surface area contributed by atoms with E-state index in [-0.39, 0.29) is 11.3 Å². The Kier molecular flexibility index (Phi) is 4.17. The molecule has 2 aliphatic rings. The Morgan fingerprint density at radius 2 is 1.83 bits per heavy atom. The lowest BCUT2D eigenvalue weighted by Gasteiger charge is -2.32. The fourth-order valence-corrected chi connectivity index (χ4v) is 3.68. The van der Waals surface area contributed by atoms with Crippen molar-refractivity contribution in [3.05, 3.63) is 35.4 Å². The van der Waals surface area contributed by atoms with Gasteiger partial charge < -0.3 is 10.0 Å². The number of hydrogen-bond donors (Lipinski definition) is 1. The molecule has 0 bridgehead atoms. The maximum atomic E-state index is 12.4. The molecule has 1 aromatic rings. The number of aromatic carboxylic acids is 1. The molecule has 3 rings (SSSR count). The van der Waals surface area contributed by atoms with Crippen molar-refractivity contribution in [1.29, 1.82) is 0 Å². The summed E-state index contributed by atoms with van der Waals surface area (Å²) in [7, 11) is 0. The van der Waals surface area contributed by atoms with Gasteiger partial charge in [0.15, 0.2) is 0 Å². The first-order chi connectivity index (χ1) is 10.9. The number of hydrogen-bond acceptors (Lipinski definition) is 2. The highest BCUT2D eigenvalue weighted by atomic mass is 16.4. The van der Waals surface area contributed by atoms with E-state index < -0.39 is 5.97 Å². The molecule has 1 atom stereocenters. The van der Waals surface area contributed by atoms with Crippen LogP contribution in [0.4, 0.5) is 0 Å². The van der Waals surface area contributed by atoms with Crippen LogP contribution in [-0.4, -0.2) is 35.0 Å². The zero-order chi connectivity index (χ0) is 16.6. The van der Waals surface area contributed by atoms with E-state index in [1.165, 1.54) is 0 Å². The highest BCUT2D eigenvalue weighted by Gasteiger charge is 2.52. The Balaban J connectivity index is 1.56. The largest absolute Gasteiger partial charge is 0.478 e. The minimum atomic E-state index is -0.857. The predicted octanol–water partition coefficient (Wildman–Crippen LogP) is 3.21. The second-order valence-corrected chi connectivity index (χ2v) is 7.68. The lowest BCUT2D eigenvalue weighted by Crippen LogP contribution is -2.40. The van der Waals surface area contributed by atoms with Crippen LogP contribution in [0.1, 0.15) is 49.0 Å². The molecule has 1 amide bonds. The Bertz CT molecular complexity index is 615. The van der Waals surface area contributed by atoms with Crippen LogP contribution in [-0.2, 0) is 11.2 Å². The normalized spacial score (nSPS) is 23.6. The molecule has 1 saturated heterocycles. The number of benzene rings is 1. The molecule has 23 heavy (non-hydrogen) atoms. The van der Waals surface area contributed by atoms with Gasteiger partial charge in [-0.2, -0.15) is 0 Å². The molecule has 1 saturated carbocycles. The highest BCUT2D eigenvalue weighted by Crippen LogP contribution is 2.52. The van der Waals surface area contributed by atoms with Crippen molar-refractivity contribution in [3.8, 4) is 0 Å². The summed E-state index contributed by atoms with van der Waals surface area (Å²) < 4.78 is 0. The Morgan fingerprint density at radius 3 is 2.39 bits per heavy atom. The number of carboxylic acid groups (broad SMARTS) is 1. The standard InChI is InChI=1S/C19H25NO3/c1-19(2)12-16(19)17(21)20-9-7-13(8-10-20)11-14-5-3-4-6-15(14)18(22)23/h3-6,13,16H,7-12H2,1-2H3,(H,22,23). The van der Waals surface area contributed by atoms with E-state index in [2.05, 4.69) is 13.8 Å². The Hall–Kier alpha value is -1.84. The summed E-state index contributed by atoms with van der Waals surface area (Å²) in [5.41, 5.74) is 1.51. The van der Waals surface area contributed by atoms with Crippen molar-refractivity contribution in [2.75, 3.05) is 13.1 Å². The van der Waals surface area contributed by atoms with E-state index in [0.29, 0.717) is 17.4 Å². The minimum Gasteiger partial charge on any atom is -0.478 e. The topological polar surface area (TPSA) is 57.6 Å². The summed E-state index contributed by atoms with van der Waals surface area (Å²) in [6, 6.07) is 7.25.